The number of amides is 1. The molecule has 1 heterocycles. The molecule has 35 heavy (non-hydrogen) atoms. The van der Waals surface area contributed by atoms with Gasteiger partial charge in [-0.25, -0.2) is 0 Å². The van der Waals surface area contributed by atoms with E-state index in [2.05, 4.69) is 45.2 Å². The molecule has 0 atom stereocenters. The van der Waals surface area contributed by atoms with Crippen LogP contribution in [0.4, 0.5) is 17.1 Å². The summed E-state index contributed by atoms with van der Waals surface area (Å²) in [6.07, 6.45) is 10.6. The molecule has 0 radical (unpaired) electrons. The van der Waals surface area contributed by atoms with Crippen molar-refractivity contribution < 1.29 is 19.7 Å². The Morgan fingerprint density at radius 1 is 0.943 bits per heavy atom. The zero-order valence-electron chi connectivity index (χ0n) is 21.3. The number of nitrogens with zero attached hydrogens (tertiary/aromatic N) is 1. The Bertz CT molecular complexity index is 1170. The largest absolute Gasteiger partial charge is 0.506 e. The summed E-state index contributed by atoms with van der Waals surface area (Å²) >= 11 is 0. The van der Waals surface area contributed by atoms with E-state index in [1.54, 1.807) is 23.1 Å². The fraction of sp³-hybridized carbons (Fsp3) is 0.345. The molecule has 0 fully saturated rings. The average molecular weight is 477 g/mol. The number of carbonyl (C=O) groups is 1. The minimum Gasteiger partial charge on any atom is -0.506 e. The predicted octanol–water partition coefficient (Wildman–Crippen LogP) is 7.23. The molecule has 1 aliphatic rings. The lowest BCUT2D eigenvalue weighted by Gasteiger charge is -2.23. The molecule has 0 unspecified atom stereocenters. The van der Waals surface area contributed by atoms with Gasteiger partial charge in [-0.3, -0.25) is 4.79 Å². The molecule has 1 amide bonds. The number of aromatic hydroxyl groups is 2. The smallest absolute Gasteiger partial charge is 0.260 e. The molecule has 3 N–H and O–H groups in total. The third-order valence-electron chi connectivity index (χ3n) is 6.11. The first-order valence-electron chi connectivity index (χ1n) is 12.0. The fourth-order valence-corrected chi connectivity index (χ4v) is 4.04. The van der Waals surface area contributed by atoms with Crippen molar-refractivity contribution in [2.45, 2.75) is 53.4 Å². The summed E-state index contributed by atoms with van der Waals surface area (Å²) in [5.41, 5.74) is 5.35. The van der Waals surface area contributed by atoms with Gasteiger partial charge in [-0.1, -0.05) is 41.0 Å². The summed E-state index contributed by atoms with van der Waals surface area (Å²) in [6, 6.07) is 8.00. The number of rotatable bonds is 9. The van der Waals surface area contributed by atoms with Gasteiger partial charge >= 0.3 is 0 Å². The number of ether oxygens (including phenoxy) is 1. The SMILES string of the molecule is COc1cc(O)c2c(c1)N(C/C=C(\C)CC/C=C(\C)CCC=C(C)C)C(=O)c1cccc(O)c1N2. The second-order valence-corrected chi connectivity index (χ2v) is 9.24. The molecule has 1 aliphatic heterocycles. The van der Waals surface area contributed by atoms with Crippen LogP contribution in [0, 0.1) is 0 Å². The van der Waals surface area contributed by atoms with Crippen LogP contribution in [-0.4, -0.2) is 29.8 Å². The second kappa shape index (κ2) is 11.6. The molecule has 0 aliphatic carbocycles. The molecule has 186 valence electrons. The Hall–Kier alpha value is -3.67. The highest BCUT2D eigenvalue weighted by Gasteiger charge is 2.30. The van der Waals surface area contributed by atoms with Gasteiger partial charge in [0, 0.05) is 18.7 Å². The number of fused-ring (bicyclic) bond motifs is 2. The standard InChI is InChI=1S/C29H36N2O4/c1-19(2)9-6-10-20(3)11-7-12-21(4)15-16-31-24-17-22(35-5)18-26(33)28(24)30-27-23(29(31)34)13-8-14-25(27)32/h8-9,11,13-15,17-18,30,32-33H,6-7,10,12,16H2,1-5H3/b20-11+,21-15+. The van der Waals surface area contributed by atoms with Crippen molar-refractivity contribution in [1.82, 2.24) is 0 Å². The minimum atomic E-state index is -0.270. The number of anilines is 3. The van der Waals surface area contributed by atoms with Gasteiger partial charge in [0.05, 0.1) is 24.0 Å². The van der Waals surface area contributed by atoms with Crippen LogP contribution in [0.15, 0.2) is 65.3 Å². The Morgan fingerprint density at radius 3 is 2.31 bits per heavy atom. The maximum absolute atomic E-state index is 13.5. The quantitative estimate of drug-likeness (QED) is 0.263. The Balaban J connectivity index is 1.82. The summed E-state index contributed by atoms with van der Waals surface area (Å²) in [4.78, 5) is 15.1. The number of phenolic OH excluding ortho intramolecular Hbond substituents is 2. The van der Waals surface area contributed by atoms with Crippen LogP contribution >= 0.6 is 0 Å². The maximum Gasteiger partial charge on any atom is 0.260 e. The summed E-state index contributed by atoms with van der Waals surface area (Å²) in [6.45, 7) is 8.80. The van der Waals surface area contributed by atoms with E-state index < -0.39 is 0 Å². The molecular formula is C29H36N2O4. The van der Waals surface area contributed by atoms with E-state index in [0.717, 1.165) is 25.7 Å². The number of hydrogen-bond donors (Lipinski definition) is 3. The predicted molar refractivity (Wildman–Crippen MR) is 143 cm³/mol. The zero-order chi connectivity index (χ0) is 25.5. The number of nitrogens with one attached hydrogen (secondary N) is 1. The molecule has 3 rings (SSSR count). The fourth-order valence-electron chi connectivity index (χ4n) is 4.04. The maximum atomic E-state index is 13.5. The molecule has 6 heteroatoms. The monoisotopic (exact) mass is 476 g/mol. The van der Waals surface area contributed by atoms with E-state index in [0.29, 0.717) is 29.2 Å². The highest BCUT2D eigenvalue weighted by molar-refractivity contribution is 6.15. The van der Waals surface area contributed by atoms with Gasteiger partial charge in [-0.15, -0.1) is 0 Å². The van der Waals surface area contributed by atoms with Gasteiger partial charge in [0.15, 0.2) is 0 Å². The number of phenols is 2. The van der Waals surface area contributed by atoms with Crippen LogP contribution < -0.4 is 15.0 Å². The van der Waals surface area contributed by atoms with Crippen molar-refractivity contribution in [3.63, 3.8) is 0 Å². The van der Waals surface area contributed by atoms with Crippen LogP contribution in [0.25, 0.3) is 0 Å². The van der Waals surface area contributed by atoms with Crippen LogP contribution in [0.1, 0.15) is 63.7 Å². The topological polar surface area (TPSA) is 82.0 Å². The van der Waals surface area contributed by atoms with Gasteiger partial charge in [-0.05, 0) is 65.5 Å². The molecule has 0 saturated carbocycles. The van der Waals surface area contributed by atoms with Gasteiger partial charge in [-0.2, -0.15) is 0 Å². The highest BCUT2D eigenvalue weighted by atomic mass is 16.5. The molecule has 0 spiro atoms. The number of methoxy groups -OCH3 is 1. The van der Waals surface area contributed by atoms with Crippen molar-refractivity contribution in [3.05, 3.63) is 70.8 Å². The summed E-state index contributed by atoms with van der Waals surface area (Å²) in [5.74, 6) is 0.0410. The van der Waals surface area contributed by atoms with E-state index in [-0.39, 0.29) is 23.1 Å². The average Bonchev–Trinajstić information content (AvgIpc) is 2.93. The van der Waals surface area contributed by atoms with E-state index in [1.165, 1.54) is 36.0 Å². The summed E-state index contributed by atoms with van der Waals surface area (Å²) < 4.78 is 5.33. The van der Waals surface area contributed by atoms with E-state index in [9.17, 15) is 15.0 Å². The van der Waals surface area contributed by atoms with Gasteiger partial charge < -0.3 is 25.2 Å². The van der Waals surface area contributed by atoms with Gasteiger partial charge in [0.2, 0.25) is 0 Å². The molecule has 0 bridgehead atoms. The lowest BCUT2D eigenvalue weighted by Crippen LogP contribution is -2.30. The third kappa shape index (κ3) is 6.47. The first-order valence-corrected chi connectivity index (χ1v) is 12.0. The van der Waals surface area contributed by atoms with E-state index in [1.807, 2.05) is 6.08 Å². The van der Waals surface area contributed by atoms with Crippen molar-refractivity contribution in [2.75, 3.05) is 23.9 Å². The van der Waals surface area contributed by atoms with Crippen LogP contribution in [0.5, 0.6) is 17.2 Å². The molecule has 0 saturated heterocycles. The summed E-state index contributed by atoms with van der Waals surface area (Å²) in [7, 11) is 1.51. The minimum absolute atomic E-state index is 0.0580. The molecule has 2 aromatic carbocycles. The Labute approximate surface area is 208 Å². The number of para-hydroxylation sites is 1. The van der Waals surface area contributed by atoms with Crippen LogP contribution in [0.2, 0.25) is 0 Å². The Kier molecular flexibility index (Phi) is 8.63. The van der Waals surface area contributed by atoms with Crippen LogP contribution in [-0.2, 0) is 0 Å². The van der Waals surface area contributed by atoms with Crippen molar-refractivity contribution in [1.29, 1.82) is 0 Å². The number of carbonyl (C=O) groups excluding carboxylic acids is 1. The van der Waals surface area contributed by atoms with E-state index in [4.69, 9.17) is 4.74 Å². The lowest BCUT2D eigenvalue weighted by atomic mass is 10.1. The Morgan fingerprint density at radius 2 is 1.63 bits per heavy atom. The molecule has 2 aromatic rings. The third-order valence-corrected chi connectivity index (χ3v) is 6.11. The molecule has 6 nitrogen and oxygen atoms in total. The first kappa shape index (κ1) is 25.9. The van der Waals surface area contributed by atoms with Gasteiger partial charge in [0.25, 0.3) is 5.91 Å². The molecular weight excluding hydrogens is 440 g/mol. The summed E-state index contributed by atoms with van der Waals surface area (Å²) in [5, 5.41) is 24.1. The zero-order valence-corrected chi connectivity index (χ0v) is 21.3. The first-order chi connectivity index (χ1) is 16.7. The normalized spacial score (nSPS) is 13.5. The van der Waals surface area contributed by atoms with Crippen molar-refractivity contribution in [3.8, 4) is 17.2 Å². The van der Waals surface area contributed by atoms with Crippen molar-refractivity contribution >= 4 is 23.0 Å². The van der Waals surface area contributed by atoms with Crippen molar-refractivity contribution in [2.24, 2.45) is 0 Å². The molecule has 0 aromatic heterocycles. The van der Waals surface area contributed by atoms with Crippen LogP contribution in [0.3, 0.4) is 0 Å². The lowest BCUT2D eigenvalue weighted by molar-refractivity contribution is 0.0991. The number of benzene rings is 2. The van der Waals surface area contributed by atoms with Gasteiger partial charge in [0.1, 0.15) is 22.9 Å². The van der Waals surface area contributed by atoms with E-state index >= 15 is 0 Å². The number of allylic oxidation sites excluding steroid dienone is 5. The highest BCUT2D eigenvalue weighted by Crippen LogP contribution is 2.45. The second-order valence-electron chi connectivity index (χ2n) is 9.24. The number of hydrogen-bond acceptors (Lipinski definition) is 5.